The van der Waals surface area contributed by atoms with Crippen molar-refractivity contribution >= 4 is 11.6 Å². The number of nitrogens with two attached hydrogens (primary N) is 1. The van der Waals surface area contributed by atoms with Crippen LogP contribution in [0.3, 0.4) is 0 Å². The van der Waals surface area contributed by atoms with Crippen molar-refractivity contribution in [1.29, 1.82) is 0 Å². The molecule has 0 radical (unpaired) electrons. The number of aliphatic hydroxyl groups excluding tert-OH is 2. The number of fused-ring (bicyclic) bond motifs is 1. The summed E-state index contributed by atoms with van der Waals surface area (Å²) < 4.78 is 29.8. The predicted molar refractivity (Wildman–Crippen MR) is 181 cm³/mol. The number of benzene rings is 2. The molecule has 4 N–H and O–H groups in total. The average Bonchev–Trinajstić information content (AvgIpc) is 3.09. The van der Waals surface area contributed by atoms with E-state index in [2.05, 4.69) is 23.1 Å². The summed E-state index contributed by atoms with van der Waals surface area (Å²) in [4.78, 5) is 17.7. The summed E-state index contributed by atoms with van der Waals surface area (Å²) in [5.41, 5.74) is 10.5. The smallest absolute Gasteiger partial charge is 0.239 e. The molecule has 11 heteroatoms. The maximum Gasteiger partial charge on any atom is 0.239 e. The van der Waals surface area contributed by atoms with Crippen molar-refractivity contribution in [2.45, 2.75) is 77.1 Å². The number of hydrogen-bond acceptors (Lipinski definition) is 10. The normalized spacial score (nSPS) is 21.6. The largest absolute Gasteiger partial charge is 0.490 e. The van der Waals surface area contributed by atoms with Crippen LogP contribution in [0, 0.1) is 5.92 Å². The third-order valence-electron chi connectivity index (χ3n) is 9.11. The van der Waals surface area contributed by atoms with Crippen LogP contribution in [-0.4, -0.2) is 112 Å². The molecule has 2 heterocycles. The van der Waals surface area contributed by atoms with E-state index in [0.29, 0.717) is 52.5 Å². The first-order chi connectivity index (χ1) is 22.7. The summed E-state index contributed by atoms with van der Waals surface area (Å²) in [5.74, 6) is 0.526. The van der Waals surface area contributed by atoms with Gasteiger partial charge in [-0.3, -0.25) is 4.79 Å². The van der Waals surface area contributed by atoms with Gasteiger partial charge in [-0.05, 0) is 48.1 Å². The molecule has 6 atom stereocenters. The van der Waals surface area contributed by atoms with E-state index in [9.17, 15) is 15.0 Å². The lowest BCUT2D eigenvalue weighted by Crippen LogP contribution is -2.58. The zero-order valence-electron chi connectivity index (χ0n) is 28.5. The highest BCUT2D eigenvalue weighted by molar-refractivity contribution is 5.82. The molecule has 1 saturated heterocycles. The first kappa shape index (κ1) is 37.1. The van der Waals surface area contributed by atoms with Gasteiger partial charge < -0.3 is 49.4 Å². The maximum atomic E-state index is 13.7. The lowest BCUT2D eigenvalue weighted by molar-refractivity contribution is -0.149. The first-order valence-corrected chi connectivity index (χ1v) is 17.0. The van der Waals surface area contributed by atoms with Gasteiger partial charge in [-0.2, -0.15) is 0 Å². The second-order valence-electron chi connectivity index (χ2n) is 12.8. The summed E-state index contributed by atoms with van der Waals surface area (Å²) in [5, 5.41) is 19.5. The molecule has 0 unspecified atom stereocenters. The third-order valence-corrected chi connectivity index (χ3v) is 9.11. The summed E-state index contributed by atoms with van der Waals surface area (Å²) in [6.45, 7) is 10.6. The van der Waals surface area contributed by atoms with Crippen molar-refractivity contribution in [3.8, 4) is 5.75 Å². The molecular weight excluding hydrogens is 602 g/mol. The van der Waals surface area contributed by atoms with Crippen LogP contribution < -0.4 is 15.4 Å². The van der Waals surface area contributed by atoms with E-state index in [0.717, 1.165) is 47.6 Å². The fraction of sp³-hybridized carbons (Fsp3) is 0.639. The first-order valence-electron chi connectivity index (χ1n) is 17.0. The molecule has 1 amide bonds. The molecular formula is C36H55N3O8. The van der Waals surface area contributed by atoms with E-state index in [1.54, 1.807) is 18.9 Å². The monoisotopic (exact) mass is 657 g/mol. The lowest BCUT2D eigenvalue weighted by Gasteiger charge is -2.44. The summed E-state index contributed by atoms with van der Waals surface area (Å²) in [6.07, 6.45) is -0.0204. The number of anilines is 1. The highest BCUT2D eigenvalue weighted by Crippen LogP contribution is 2.36. The molecule has 11 nitrogen and oxygen atoms in total. The lowest BCUT2D eigenvalue weighted by atomic mass is 9.83. The summed E-state index contributed by atoms with van der Waals surface area (Å²) in [7, 11) is 1.65. The van der Waals surface area contributed by atoms with E-state index in [1.807, 2.05) is 38.1 Å². The Morgan fingerprint density at radius 1 is 1.04 bits per heavy atom. The number of carbonyl (C=O) groups excluding carboxylic acids is 1. The second-order valence-corrected chi connectivity index (χ2v) is 12.8. The van der Waals surface area contributed by atoms with Crippen molar-refractivity contribution in [1.82, 2.24) is 4.90 Å². The van der Waals surface area contributed by atoms with Crippen molar-refractivity contribution in [2.75, 3.05) is 71.2 Å². The van der Waals surface area contributed by atoms with Crippen LogP contribution in [0.2, 0.25) is 0 Å². The van der Waals surface area contributed by atoms with E-state index in [-0.39, 0.29) is 31.0 Å². The van der Waals surface area contributed by atoms with E-state index in [1.165, 1.54) is 0 Å². The number of carbonyl (C=O) groups is 1. The Morgan fingerprint density at radius 3 is 2.45 bits per heavy atom. The number of nitrogens with zero attached hydrogens (tertiary/aromatic N) is 2. The minimum atomic E-state index is -0.665. The fourth-order valence-corrected chi connectivity index (χ4v) is 6.14. The van der Waals surface area contributed by atoms with Crippen molar-refractivity contribution in [3.63, 3.8) is 0 Å². The number of hydrogen-bond donors (Lipinski definition) is 3. The molecule has 0 aromatic heterocycles. The number of piperidine rings is 1. The number of amides is 1. The van der Waals surface area contributed by atoms with Gasteiger partial charge in [-0.1, -0.05) is 50.6 Å². The zero-order chi connectivity index (χ0) is 33.8. The number of ether oxygens (including phenoxy) is 5. The Bertz CT molecular complexity index is 1230. The van der Waals surface area contributed by atoms with Gasteiger partial charge in [0.2, 0.25) is 5.91 Å². The van der Waals surface area contributed by atoms with Crippen molar-refractivity contribution in [3.05, 3.63) is 59.2 Å². The van der Waals surface area contributed by atoms with Crippen LogP contribution in [0.5, 0.6) is 5.75 Å². The second kappa shape index (κ2) is 18.7. The quantitative estimate of drug-likeness (QED) is 0.205. The standard InChI is InChI=1S/C36H55N3O8/c1-5-25(2)35(37)36(42)39-20-32(46-22-26(3)41)34(29-10-7-27(8-11-29)23-44-18-17-43-4)33(21-39)47-24-28-9-12-31-30(19-28)38(13-6-15-40)14-16-45-31/h7-12,19,25-26,32-35,40-41H,5-6,13-18,20-24,37H2,1-4H3/t25-,26+,32+,33-,34-,35-/m0/s1. The number of aliphatic hydroxyl groups is 2. The molecule has 262 valence electrons. The predicted octanol–water partition coefficient (Wildman–Crippen LogP) is 3.08. The fourth-order valence-electron chi connectivity index (χ4n) is 6.14. The Kier molecular flexibility index (Phi) is 14.7. The molecule has 0 bridgehead atoms. The van der Waals surface area contributed by atoms with Gasteiger partial charge in [0.05, 0.1) is 69.6 Å². The Hall–Kier alpha value is -2.77. The summed E-state index contributed by atoms with van der Waals surface area (Å²) >= 11 is 0. The molecule has 0 aliphatic carbocycles. The highest BCUT2D eigenvalue weighted by atomic mass is 16.5. The molecule has 2 aliphatic rings. The van der Waals surface area contributed by atoms with Crippen molar-refractivity contribution in [2.24, 2.45) is 11.7 Å². The van der Waals surface area contributed by atoms with Crippen LogP contribution in [-0.2, 0) is 37.0 Å². The van der Waals surface area contributed by atoms with Gasteiger partial charge in [0.25, 0.3) is 0 Å². The Balaban J connectivity index is 1.61. The van der Waals surface area contributed by atoms with Gasteiger partial charge in [0, 0.05) is 39.3 Å². The van der Waals surface area contributed by atoms with Crippen LogP contribution in [0.15, 0.2) is 42.5 Å². The van der Waals surface area contributed by atoms with Gasteiger partial charge in [-0.25, -0.2) is 0 Å². The topological polar surface area (TPSA) is 136 Å². The molecule has 0 saturated carbocycles. The van der Waals surface area contributed by atoms with Crippen LogP contribution in [0.1, 0.15) is 56.2 Å². The minimum absolute atomic E-state index is 0.0292. The van der Waals surface area contributed by atoms with Gasteiger partial charge in [0.15, 0.2) is 0 Å². The van der Waals surface area contributed by atoms with Crippen molar-refractivity contribution < 1.29 is 38.7 Å². The van der Waals surface area contributed by atoms with Crippen LogP contribution in [0.4, 0.5) is 5.69 Å². The van der Waals surface area contributed by atoms with E-state index in [4.69, 9.17) is 29.4 Å². The molecule has 0 spiro atoms. The molecule has 2 aromatic carbocycles. The van der Waals surface area contributed by atoms with E-state index >= 15 is 0 Å². The minimum Gasteiger partial charge on any atom is -0.490 e. The molecule has 1 fully saturated rings. The van der Waals surface area contributed by atoms with Gasteiger partial charge in [0.1, 0.15) is 12.4 Å². The maximum absolute atomic E-state index is 13.7. The van der Waals surface area contributed by atoms with Gasteiger partial charge in [-0.15, -0.1) is 0 Å². The average molecular weight is 658 g/mol. The van der Waals surface area contributed by atoms with E-state index < -0.39 is 24.4 Å². The highest BCUT2D eigenvalue weighted by Gasteiger charge is 2.42. The third kappa shape index (κ3) is 10.4. The molecule has 4 rings (SSSR count). The zero-order valence-corrected chi connectivity index (χ0v) is 28.5. The number of likely N-dealkylation sites (tertiary alicyclic amines) is 1. The molecule has 2 aliphatic heterocycles. The Labute approximate surface area is 279 Å². The van der Waals surface area contributed by atoms with Crippen LogP contribution in [0.25, 0.3) is 0 Å². The van der Waals surface area contributed by atoms with Crippen LogP contribution >= 0.6 is 0 Å². The SMILES string of the molecule is CC[C@H](C)[C@H](N)C(=O)N1C[C@H](OCc2ccc3c(c2)N(CCCO)CCO3)[C@@H](c2ccc(COCCOC)cc2)[C@H](OC[C@@H](C)O)C1. The summed E-state index contributed by atoms with van der Waals surface area (Å²) in [6, 6.07) is 13.7. The molecule has 47 heavy (non-hydrogen) atoms. The molecule has 2 aromatic rings. The number of rotatable bonds is 18. The number of methoxy groups -OCH3 is 1. The van der Waals surface area contributed by atoms with Gasteiger partial charge >= 0.3 is 0 Å². The Morgan fingerprint density at radius 2 is 1.77 bits per heavy atom.